The van der Waals surface area contributed by atoms with Gasteiger partial charge in [0.25, 0.3) is 5.91 Å². The van der Waals surface area contributed by atoms with Crippen LogP contribution in [-0.2, 0) is 4.79 Å². The SMILES string of the molecule is CN(C)CC(=O)NC1CC2CN(C(=O)c3coc(Cl)c3)CC2C1. The number of carbonyl (C=O) groups is 2. The number of amides is 2. The van der Waals surface area contributed by atoms with Crippen molar-refractivity contribution in [3.63, 3.8) is 0 Å². The Labute approximate surface area is 140 Å². The van der Waals surface area contributed by atoms with Gasteiger partial charge in [0.1, 0.15) is 6.26 Å². The molecular formula is C16H22ClN3O3. The number of halogens is 1. The maximum atomic E-state index is 12.4. The molecule has 3 rings (SSSR count). The molecule has 126 valence electrons. The van der Waals surface area contributed by atoms with Crippen molar-refractivity contribution < 1.29 is 14.0 Å². The molecule has 6 nitrogen and oxygen atoms in total. The third kappa shape index (κ3) is 3.70. The minimum atomic E-state index is -0.0248. The highest BCUT2D eigenvalue weighted by Gasteiger charge is 2.43. The highest BCUT2D eigenvalue weighted by Crippen LogP contribution is 2.38. The number of fused-ring (bicyclic) bond motifs is 1. The molecule has 23 heavy (non-hydrogen) atoms. The Kier molecular flexibility index (Phi) is 4.64. The highest BCUT2D eigenvalue weighted by molar-refractivity contribution is 6.29. The monoisotopic (exact) mass is 339 g/mol. The van der Waals surface area contributed by atoms with Gasteiger partial charge in [0.05, 0.1) is 12.1 Å². The van der Waals surface area contributed by atoms with Crippen molar-refractivity contribution in [3.8, 4) is 0 Å². The standard InChI is InChI=1S/C16H22ClN3O3/c1-19(2)8-15(21)18-13-3-10-6-20(7-11(10)4-13)16(22)12-5-14(17)23-9-12/h5,9-11,13H,3-4,6-8H2,1-2H3,(H,18,21). The van der Waals surface area contributed by atoms with Crippen LogP contribution in [0.2, 0.25) is 5.22 Å². The molecule has 2 unspecified atom stereocenters. The van der Waals surface area contributed by atoms with Gasteiger partial charge in [0, 0.05) is 25.2 Å². The fraction of sp³-hybridized carbons (Fsp3) is 0.625. The van der Waals surface area contributed by atoms with Crippen LogP contribution in [0.4, 0.5) is 0 Å². The summed E-state index contributed by atoms with van der Waals surface area (Å²) in [6, 6.07) is 1.79. The number of rotatable bonds is 4. The van der Waals surface area contributed by atoms with Gasteiger partial charge < -0.3 is 19.5 Å². The van der Waals surface area contributed by atoms with Gasteiger partial charge in [-0.3, -0.25) is 9.59 Å². The molecule has 7 heteroatoms. The van der Waals surface area contributed by atoms with Crippen LogP contribution in [0.3, 0.4) is 0 Å². The second kappa shape index (κ2) is 6.53. The van der Waals surface area contributed by atoms with E-state index in [-0.39, 0.29) is 23.1 Å². The lowest BCUT2D eigenvalue weighted by Gasteiger charge is -2.20. The minimum absolute atomic E-state index is 0.0248. The number of hydrogen-bond donors (Lipinski definition) is 1. The number of nitrogens with zero attached hydrogens (tertiary/aromatic N) is 2. The normalized spacial score (nSPS) is 26.6. The van der Waals surface area contributed by atoms with Crippen molar-refractivity contribution in [3.05, 3.63) is 23.1 Å². The zero-order valence-corrected chi connectivity index (χ0v) is 14.2. The number of furan rings is 1. The summed E-state index contributed by atoms with van der Waals surface area (Å²) in [7, 11) is 3.77. The van der Waals surface area contributed by atoms with Crippen LogP contribution in [0.25, 0.3) is 0 Å². The van der Waals surface area contributed by atoms with Gasteiger partial charge in [-0.1, -0.05) is 0 Å². The van der Waals surface area contributed by atoms with Crippen LogP contribution in [0.5, 0.6) is 0 Å². The van der Waals surface area contributed by atoms with E-state index in [0.29, 0.717) is 23.9 Å². The molecule has 1 N–H and O–H groups in total. The van der Waals surface area contributed by atoms with E-state index in [1.54, 1.807) is 6.07 Å². The molecule has 1 aliphatic carbocycles. The molecule has 1 aliphatic heterocycles. The molecule has 2 aliphatic rings. The predicted octanol–water partition coefficient (Wildman–Crippen LogP) is 1.46. The number of carbonyl (C=O) groups excluding carboxylic acids is 2. The first kappa shape index (κ1) is 16.3. The third-order valence-corrected chi connectivity index (χ3v) is 4.88. The molecule has 0 spiro atoms. The molecular weight excluding hydrogens is 318 g/mol. The lowest BCUT2D eigenvalue weighted by atomic mass is 10.0. The van der Waals surface area contributed by atoms with Gasteiger partial charge in [0.15, 0.2) is 5.22 Å². The van der Waals surface area contributed by atoms with Crippen molar-refractivity contribution in [1.29, 1.82) is 0 Å². The number of likely N-dealkylation sites (N-methyl/N-ethyl adjacent to an activating group) is 1. The summed E-state index contributed by atoms with van der Waals surface area (Å²) in [5, 5.41) is 3.33. The lowest BCUT2D eigenvalue weighted by Crippen LogP contribution is -2.40. The largest absolute Gasteiger partial charge is 0.452 e. The first-order valence-electron chi connectivity index (χ1n) is 7.89. The molecule has 0 radical (unpaired) electrons. The number of nitrogens with one attached hydrogen (secondary N) is 1. The van der Waals surface area contributed by atoms with Gasteiger partial charge in [-0.15, -0.1) is 0 Å². The van der Waals surface area contributed by atoms with Crippen LogP contribution in [0, 0.1) is 11.8 Å². The molecule has 0 aromatic carbocycles. The van der Waals surface area contributed by atoms with E-state index in [4.69, 9.17) is 16.0 Å². The fourth-order valence-corrected chi connectivity index (χ4v) is 3.91. The van der Waals surface area contributed by atoms with E-state index >= 15 is 0 Å². The maximum absolute atomic E-state index is 12.4. The van der Waals surface area contributed by atoms with E-state index in [1.165, 1.54) is 6.26 Å². The Morgan fingerprint density at radius 2 is 2.00 bits per heavy atom. The van der Waals surface area contributed by atoms with Gasteiger partial charge >= 0.3 is 0 Å². The van der Waals surface area contributed by atoms with Crippen molar-refractivity contribution in [2.24, 2.45) is 11.8 Å². The zero-order chi connectivity index (χ0) is 16.6. The summed E-state index contributed by atoms with van der Waals surface area (Å²) in [6.07, 6.45) is 3.29. The van der Waals surface area contributed by atoms with Crippen LogP contribution in [0.15, 0.2) is 16.7 Å². The van der Waals surface area contributed by atoms with E-state index < -0.39 is 0 Å². The van der Waals surface area contributed by atoms with Crippen LogP contribution in [-0.4, -0.2) is 61.4 Å². The van der Waals surface area contributed by atoms with Crippen LogP contribution >= 0.6 is 11.6 Å². The Hall–Kier alpha value is -1.53. The molecule has 2 fully saturated rings. The molecule has 2 heterocycles. The molecule has 0 bridgehead atoms. The summed E-state index contributed by atoms with van der Waals surface area (Å²) < 4.78 is 5.00. The summed E-state index contributed by atoms with van der Waals surface area (Å²) >= 11 is 5.73. The van der Waals surface area contributed by atoms with Crippen molar-refractivity contribution in [2.75, 3.05) is 33.7 Å². The van der Waals surface area contributed by atoms with Gasteiger partial charge in [-0.2, -0.15) is 0 Å². The minimum Gasteiger partial charge on any atom is -0.452 e. The number of likely N-dealkylation sites (tertiary alicyclic amines) is 1. The lowest BCUT2D eigenvalue weighted by molar-refractivity contribution is -0.122. The average Bonchev–Trinajstić information content (AvgIpc) is 3.11. The van der Waals surface area contributed by atoms with Crippen LogP contribution in [0.1, 0.15) is 23.2 Å². The first-order chi connectivity index (χ1) is 10.9. The summed E-state index contributed by atoms with van der Waals surface area (Å²) in [4.78, 5) is 28.0. The Morgan fingerprint density at radius 1 is 1.35 bits per heavy atom. The summed E-state index contributed by atoms with van der Waals surface area (Å²) in [5.74, 6) is 0.973. The van der Waals surface area contributed by atoms with Gasteiger partial charge in [-0.05, 0) is 50.4 Å². The van der Waals surface area contributed by atoms with Crippen molar-refractivity contribution in [2.45, 2.75) is 18.9 Å². The van der Waals surface area contributed by atoms with Crippen LogP contribution < -0.4 is 5.32 Å². The smallest absolute Gasteiger partial charge is 0.257 e. The molecule has 2 amide bonds. The van der Waals surface area contributed by atoms with E-state index in [9.17, 15) is 9.59 Å². The quantitative estimate of drug-likeness (QED) is 0.902. The second-order valence-corrected chi connectivity index (χ2v) is 7.22. The molecule has 1 saturated carbocycles. The van der Waals surface area contributed by atoms with Crippen molar-refractivity contribution in [1.82, 2.24) is 15.1 Å². The Morgan fingerprint density at radius 3 is 2.52 bits per heavy atom. The summed E-state index contributed by atoms with van der Waals surface area (Å²) in [6.45, 7) is 1.90. The van der Waals surface area contributed by atoms with Gasteiger partial charge in [-0.25, -0.2) is 0 Å². The molecule has 1 aromatic rings. The average molecular weight is 340 g/mol. The molecule has 1 aromatic heterocycles. The molecule has 2 atom stereocenters. The predicted molar refractivity (Wildman–Crippen MR) is 86.3 cm³/mol. The number of hydrogen-bond acceptors (Lipinski definition) is 4. The Bertz CT molecular complexity index is 587. The van der Waals surface area contributed by atoms with Gasteiger partial charge in [0.2, 0.25) is 5.91 Å². The first-order valence-corrected chi connectivity index (χ1v) is 8.27. The van der Waals surface area contributed by atoms with E-state index in [1.807, 2.05) is 23.9 Å². The zero-order valence-electron chi connectivity index (χ0n) is 13.4. The van der Waals surface area contributed by atoms with Crippen molar-refractivity contribution >= 4 is 23.4 Å². The maximum Gasteiger partial charge on any atom is 0.257 e. The highest BCUT2D eigenvalue weighted by atomic mass is 35.5. The Balaban J connectivity index is 1.51. The summed E-state index contributed by atoms with van der Waals surface area (Å²) in [5.41, 5.74) is 0.505. The van der Waals surface area contributed by atoms with E-state index in [0.717, 1.165) is 25.9 Å². The molecule has 1 saturated heterocycles. The topological polar surface area (TPSA) is 65.8 Å². The fourth-order valence-electron chi connectivity index (χ4n) is 3.75. The second-order valence-electron chi connectivity index (χ2n) is 6.84. The third-order valence-electron chi connectivity index (χ3n) is 4.68. The van der Waals surface area contributed by atoms with E-state index in [2.05, 4.69) is 5.32 Å².